The summed E-state index contributed by atoms with van der Waals surface area (Å²) >= 11 is 0. The second-order valence-electron chi connectivity index (χ2n) is 3.69. The first-order chi connectivity index (χ1) is 7.15. The highest BCUT2D eigenvalue weighted by Crippen LogP contribution is 2.10. The number of nitrogens with zero attached hydrogens (tertiary/aromatic N) is 1. The van der Waals surface area contributed by atoms with Crippen molar-refractivity contribution < 1.29 is 9.53 Å². The first kappa shape index (κ1) is 11.6. The van der Waals surface area contributed by atoms with Gasteiger partial charge in [-0.3, -0.25) is 5.10 Å². The fraction of sp³-hybridized carbons (Fsp3) is 0.600. The van der Waals surface area contributed by atoms with Crippen LogP contribution >= 0.6 is 0 Å². The lowest BCUT2D eigenvalue weighted by Crippen LogP contribution is -2.13. The van der Waals surface area contributed by atoms with Gasteiger partial charge in [0.2, 0.25) is 0 Å². The number of nitrogen functional groups attached to an aromatic ring is 1. The summed E-state index contributed by atoms with van der Waals surface area (Å²) in [5, 5.41) is 6.17. The minimum atomic E-state index is -0.437. The molecule has 0 saturated heterocycles. The molecule has 1 aromatic rings. The fourth-order valence-electron chi connectivity index (χ4n) is 1.33. The Hall–Kier alpha value is -1.52. The van der Waals surface area contributed by atoms with Crippen LogP contribution in [-0.2, 0) is 4.74 Å². The lowest BCUT2D eigenvalue weighted by Gasteiger charge is -2.10. The van der Waals surface area contributed by atoms with E-state index >= 15 is 0 Å². The van der Waals surface area contributed by atoms with E-state index in [1.54, 1.807) is 0 Å². The largest absolute Gasteiger partial charge is 0.461 e. The van der Waals surface area contributed by atoms with Crippen molar-refractivity contribution in [1.82, 2.24) is 10.2 Å². The van der Waals surface area contributed by atoms with Gasteiger partial charge in [-0.15, -0.1) is 0 Å². The van der Waals surface area contributed by atoms with E-state index in [2.05, 4.69) is 17.1 Å². The molecule has 1 heterocycles. The predicted molar refractivity (Wildman–Crippen MR) is 57.4 cm³/mol. The number of rotatable bonds is 5. The zero-order valence-electron chi connectivity index (χ0n) is 9.12. The fourth-order valence-corrected chi connectivity index (χ4v) is 1.33. The Balaban J connectivity index is 2.40. The molecule has 0 radical (unpaired) electrons. The Morgan fingerprint density at radius 1 is 1.73 bits per heavy atom. The minimum Gasteiger partial charge on any atom is -0.461 e. The summed E-state index contributed by atoms with van der Waals surface area (Å²) in [4.78, 5) is 11.5. The quantitative estimate of drug-likeness (QED) is 0.724. The molecule has 15 heavy (non-hydrogen) atoms. The molecular weight excluding hydrogens is 194 g/mol. The van der Waals surface area contributed by atoms with Crippen LogP contribution in [0.3, 0.4) is 0 Å². The van der Waals surface area contributed by atoms with Gasteiger partial charge in [0.05, 0.1) is 18.5 Å². The van der Waals surface area contributed by atoms with E-state index in [1.165, 1.54) is 6.20 Å². The molecule has 5 nitrogen and oxygen atoms in total. The smallest absolute Gasteiger partial charge is 0.358 e. The first-order valence-electron chi connectivity index (χ1n) is 5.11. The van der Waals surface area contributed by atoms with E-state index in [0.29, 0.717) is 18.2 Å². The number of nitrogens with two attached hydrogens (primary N) is 1. The number of carbonyl (C=O) groups is 1. The molecule has 0 saturated carbocycles. The maximum Gasteiger partial charge on any atom is 0.358 e. The molecule has 1 rings (SSSR count). The monoisotopic (exact) mass is 211 g/mol. The summed E-state index contributed by atoms with van der Waals surface area (Å²) in [5.74, 6) is -0.0592. The van der Waals surface area contributed by atoms with Gasteiger partial charge in [-0.25, -0.2) is 4.79 Å². The van der Waals surface area contributed by atoms with E-state index in [4.69, 9.17) is 10.5 Å². The molecule has 1 aromatic heterocycles. The summed E-state index contributed by atoms with van der Waals surface area (Å²) in [5.41, 5.74) is 6.07. The Morgan fingerprint density at radius 3 is 3.00 bits per heavy atom. The maximum absolute atomic E-state index is 11.5. The Labute approximate surface area is 89.0 Å². The molecule has 3 N–H and O–H groups in total. The van der Waals surface area contributed by atoms with Crippen LogP contribution in [0.25, 0.3) is 0 Å². The third-order valence-electron chi connectivity index (χ3n) is 2.15. The molecule has 0 aliphatic heterocycles. The van der Waals surface area contributed by atoms with Gasteiger partial charge in [-0.05, 0) is 12.3 Å². The molecule has 0 spiro atoms. The van der Waals surface area contributed by atoms with Crippen molar-refractivity contribution in [3.8, 4) is 0 Å². The number of aromatic nitrogens is 2. The molecule has 0 bridgehead atoms. The van der Waals surface area contributed by atoms with Crippen LogP contribution < -0.4 is 5.73 Å². The summed E-state index contributed by atoms with van der Waals surface area (Å²) in [6, 6.07) is 0. The van der Waals surface area contributed by atoms with E-state index < -0.39 is 5.97 Å². The molecule has 0 aliphatic rings. The second kappa shape index (κ2) is 5.38. The van der Waals surface area contributed by atoms with E-state index in [1.807, 2.05) is 6.92 Å². The van der Waals surface area contributed by atoms with Crippen LogP contribution in [0, 0.1) is 5.92 Å². The Morgan fingerprint density at radius 2 is 2.47 bits per heavy atom. The predicted octanol–water partition coefficient (Wildman–Crippen LogP) is 1.58. The van der Waals surface area contributed by atoms with Crippen molar-refractivity contribution in [2.75, 3.05) is 12.3 Å². The summed E-state index contributed by atoms with van der Waals surface area (Å²) in [7, 11) is 0. The zero-order valence-corrected chi connectivity index (χ0v) is 9.12. The maximum atomic E-state index is 11.5. The highest BCUT2D eigenvalue weighted by atomic mass is 16.5. The molecular formula is C10H17N3O2. The highest BCUT2D eigenvalue weighted by Gasteiger charge is 2.14. The van der Waals surface area contributed by atoms with Crippen molar-refractivity contribution in [3.63, 3.8) is 0 Å². The Kier molecular flexibility index (Phi) is 4.15. The van der Waals surface area contributed by atoms with E-state index in [-0.39, 0.29) is 5.69 Å². The summed E-state index contributed by atoms with van der Waals surface area (Å²) in [6.07, 6.45) is 3.53. The number of aromatic amines is 1. The molecule has 0 amide bonds. The van der Waals surface area contributed by atoms with Crippen LogP contribution in [0.2, 0.25) is 0 Å². The average molecular weight is 211 g/mol. The number of anilines is 1. The highest BCUT2D eigenvalue weighted by molar-refractivity contribution is 5.92. The third-order valence-corrected chi connectivity index (χ3v) is 2.15. The van der Waals surface area contributed by atoms with Gasteiger partial charge in [0.15, 0.2) is 5.69 Å². The van der Waals surface area contributed by atoms with E-state index in [0.717, 1.165) is 12.8 Å². The SMILES string of the molecule is CCCC(C)COC(=O)c1[nH]ncc1N. The minimum absolute atomic E-state index is 0.235. The zero-order chi connectivity index (χ0) is 11.3. The topological polar surface area (TPSA) is 81.0 Å². The van der Waals surface area contributed by atoms with Crippen molar-refractivity contribution in [1.29, 1.82) is 0 Å². The second-order valence-corrected chi connectivity index (χ2v) is 3.69. The molecule has 1 unspecified atom stereocenters. The number of hydrogen-bond donors (Lipinski definition) is 2. The van der Waals surface area contributed by atoms with Gasteiger partial charge < -0.3 is 10.5 Å². The lowest BCUT2D eigenvalue weighted by molar-refractivity contribution is 0.0438. The molecule has 1 atom stereocenters. The van der Waals surface area contributed by atoms with Crippen LogP contribution in [-0.4, -0.2) is 22.8 Å². The third kappa shape index (κ3) is 3.27. The average Bonchev–Trinajstić information content (AvgIpc) is 2.61. The van der Waals surface area contributed by atoms with Gasteiger partial charge in [-0.2, -0.15) is 5.10 Å². The van der Waals surface area contributed by atoms with Gasteiger partial charge in [0.25, 0.3) is 0 Å². The van der Waals surface area contributed by atoms with Crippen molar-refractivity contribution in [2.24, 2.45) is 5.92 Å². The van der Waals surface area contributed by atoms with Gasteiger partial charge in [0, 0.05) is 0 Å². The summed E-state index contributed by atoms with van der Waals surface area (Å²) in [6.45, 7) is 4.57. The summed E-state index contributed by atoms with van der Waals surface area (Å²) < 4.78 is 5.09. The molecule has 84 valence electrons. The van der Waals surface area contributed by atoms with Gasteiger partial charge in [-0.1, -0.05) is 20.3 Å². The number of nitrogens with one attached hydrogen (secondary N) is 1. The molecule has 0 aliphatic carbocycles. The van der Waals surface area contributed by atoms with Crippen LogP contribution in [0.1, 0.15) is 37.2 Å². The first-order valence-corrected chi connectivity index (χ1v) is 5.11. The normalized spacial score (nSPS) is 12.4. The molecule has 0 aromatic carbocycles. The standard InChI is InChI=1S/C10H17N3O2/c1-3-4-7(2)6-15-10(14)9-8(11)5-12-13-9/h5,7H,3-4,6,11H2,1-2H3,(H,12,13). The number of esters is 1. The van der Waals surface area contributed by atoms with Crippen molar-refractivity contribution >= 4 is 11.7 Å². The molecule has 0 fully saturated rings. The van der Waals surface area contributed by atoms with Gasteiger partial charge in [0.1, 0.15) is 0 Å². The Bertz CT molecular complexity index is 322. The van der Waals surface area contributed by atoms with Crippen molar-refractivity contribution in [3.05, 3.63) is 11.9 Å². The van der Waals surface area contributed by atoms with Crippen LogP contribution in [0.4, 0.5) is 5.69 Å². The number of hydrogen-bond acceptors (Lipinski definition) is 4. The van der Waals surface area contributed by atoms with Crippen LogP contribution in [0.5, 0.6) is 0 Å². The van der Waals surface area contributed by atoms with Gasteiger partial charge >= 0.3 is 5.97 Å². The van der Waals surface area contributed by atoms with E-state index in [9.17, 15) is 4.79 Å². The van der Waals surface area contributed by atoms with Crippen LogP contribution in [0.15, 0.2) is 6.20 Å². The lowest BCUT2D eigenvalue weighted by atomic mass is 10.1. The molecule has 5 heteroatoms. The van der Waals surface area contributed by atoms with Crippen molar-refractivity contribution in [2.45, 2.75) is 26.7 Å². The number of H-pyrrole nitrogens is 1. The number of carbonyl (C=O) groups excluding carboxylic acids is 1. The number of ether oxygens (including phenoxy) is 1.